The summed E-state index contributed by atoms with van der Waals surface area (Å²) in [5.74, 6) is -0.201. The Bertz CT molecular complexity index is 722. The number of amides is 1. The summed E-state index contributed by atoms with van der Waals surface area (Å²) in [5, 5.41) is 12.1. The van der Waals surface area contributed by atoms with Crippen molar-refractivity contribution in [3.63, 3.8) is 0 Å². The largest absolute Gasteiger partial charge is 0.351 e. The van der Waals surface area contributed by atoms with Crippen LogP contribution in [0.2, 0.25) is 0 Å². The van der Waals surface area contributed by atoms with Crippen LogP contribution < -0.4 is 5.32 Å². The van der Waals surface area contributed by atoms with E-state index in [-0.39, 0.29) is 5.91 Å². The second kappa shape index (κ2) is 6.95. The van der Waals surface area contributed by atoms with E-state index < -0.39 is 0 Å². The van der Waals surface area contributed by atoms with Crippen molar-refractivity contribution in [3.05, 3.63) is 52.8 Å². The van der Waals surface area contributed by atoms with Crippen LogP contribution in [0.1, 0.15) is 46.9 Å². The minimum Gasteiger partial charge on any atom is -0.351 e. The molecule has 0 aliphatic rings. The van der Waals surface area contributed by atoms with Crippen LogP contribution in [0.5, 0.6) is 0 Å². The number of hydrogen-bond donors (Lipinski definition) is 1. The highest BCUT2D eigenvalue weighted by Gasteiger charge is 2.18. The predicted octanol–water partition coefficient (Wildman–Crippen LogP) is 3.50. The van der Waals surface area contributed by atoms with Crippen LogP contribution in [0, 0.1) is 25.2 Å². The predicted molar refractivity (Wildman–Crippen MR) is 87.2 cm³/mol. The van der Waals surface area contributed by atoms with Crippen molar-refractivity contribution in [2.75, 3.05) is 6.54 Å². The molecule has 0 spiro atoms. The van der Waals surface area contributed by atoms with E-state index in [2.05, 4.69) is 18.3 Å². The molecule has 4 nitrogen and oxygen atoms in total. The second-order valence-corrected chi connectivity index (χ2v) is 5.44. The maximum Gasteiger partial charge on any atom is 0.269 e. The molecule has 0 aliphatic heterocycles. The minimum absolute atomic E-state index is 0.201. The third-order valence-electron chi connectivity index (χ3n) is 3.81. The van der Waals surface area contributed by atoms with Crippen molar-refractivity contribution in [1.82, 2.24) is 9.88 Å². The molecule has 0 saturated carbocycles. The van der Waals surface area contributed by atoms with E-state index in [1.807, 2.05) is 32.0 Å². The molecule has 1 heterocycles. The van der Waals surface area contributed by atoms with Gasteiger partial charge in [0.15, 0.2) is 0 Å². The van der Waals surface area contributed by atoms with Gasteiger partial charge in [-0.15, -0.1) is 0 Å². The molecule has 1 aromatic carbocycles. The molecule has 0 aliphatic carbocycles. The molecule has 1 aromatic heterocycles. The summed E-state index contributed by atoms with van der Waals surface area (Å²) in [7, 11) is 0. The highest BCUT2D eigenvalue weighted by Crippen LogP contribution is 2.19. The zero-order chi connectivity index (χ0) is 16.1. The highest BCUT2D eigenvalue weighted by atomic mass is 16.1. The number of nitrogens with one attached hydrogen (secondary N) is 1. The minimum atomic E-state index is -0.201. The lowest BCUT2D eigenvalue weighted by atomic mass is 10.1. The number of rotatable bonds is 5. The lowest BCUT2D eigenvalue weighted by Crippen LogP contribution is -2.27. The van der Waals surface area contributed by atoms with Crippen molar-refractivity contribution >= 4 is 5.91 Å². The first-order valence-corrected chi connectivity index (χ1v) is 7.55. The zero-order valence-electron chi connectivity index (χ0n) is 13.3. The first kappa shape index (κ1) is 15.8. The van der Waals surface area contributed by atoms with Crippen molar-refractivity contribution in [3.8, 4) is 11.8 Å². The van der Waals surface area contributed by atoms with E-state index in [1.54, 1.807) is 16.8 Å². The maximum atomic E-state index is 12.4. The van der Waals surface area contributed by atoms with Crippen LogP contribution in [-0.4, -0.2) is 17.0 Å². The van der Waals surface area contributed by atoms with Gasteiger partial charge in [0.25, 0.3) is 5.91 Å². The number of hydrogen-bond acceptors (Lipinski definition) is 2. The summed E-state index contributed by atoms with van der Waals surface area (Å²) in [4.78, 5) is 12.4. The lowest BCUT2D eigenvalue weighted by molar-refractivity contribution is 0.0946. The molecular weight excluding hydrogens is 274 g/mol. The molecule has 2 aromatic rings. The topological polar surface area (TPSA) is 57.8 Å². The Morgan fingerprint density at radius 3 is 2.68 bits per heavy atom. The number of nitrogens with zero attached hydrogens (tertiary/aromatic N) is 2. The van der Waals surface area contributed by atoms with Gasteiger partial charge in [-0.05, 0) is 49.6 Å². The Labute approximate surface area is 131 Å². The Hall–Kier alpha value is -2.54. The first-order valence-electron chi connectivity index (χ1n) is 7.55. The smallest absolute Gasteiger partial charge is 0.269 e. The summed E-state index contributed by atoms with van der Waals surface area (Å²) < 4.78 is 1.78. The molecule has 2 rings (SSSR count). The number of carbonyl (C=O) groups excluding carboxylic acids is 1. The number of carbonyl (C=O) groups is 1. The van der Waals surface area contributed by atoms with Gasteiger partial charge in [-0.3, -0.25) is 4.79 Å². The Morgan fingerprint density at radius 1 is 1.27 bits per heavy atom. The molecule has 1 N–H and O–H groups in total. The maximum absolute atomic E-state index is 12.4. The van der Waals surface area contributed by atoms with Gasteiger partial charge in [0.1, 0.15) is 11.8 Å². The molecule has 0 radical (unpaired) electrons. The molecule has 0 atom stereocenters. The van der Waals surface area contributed by atoms with Crippen LogP contribution in [0.25, 0.3) is 5.69 Å². The van der Waals surface area contributed by atoms with Gasteiger partial charge in [0, 0.05) is 18.4 Å². The molecule has 0 fully saturated rings. The monoisotopic (exact) mass is 295 g/mol. The third kappa shape index (κ3) is 3.20. The average molecular weight is 295 g/mol. The van der Waals surface area contributed by atoms with Crippen LogP contribution in [0.15, 0.2) is 30.5 Å². The van der Waals surface area contributed by atoms with Crippen LogP contribution in [-0.2, 0) is 0 Å². The molecule has 22 heavy (non-hydrogen) atoms. The molecule has 0 bridgehead atoms. The molecule has 4 heteroatoms. The number of nitriles is 1. The first-order chi connectivity index (χ1) is 10.6. The van der Waals surface area contributed by atoms with E-state index in [0.29, 0.717) is 17.8 Å². The average Bonchev–Trinajstić information content (AvgIpc) is 2.94. The zero-order valence-corrected chi connectivity index (χ0v) is 13.3. The standard InChI is InChI=1S/C18H21N3O/c1-4-5-9-20-18(22)17-15(12-19)8-10-21(17)16-7-6-13(2)14(3)11-16/h6-8,10-11H,4-5,9H2,1-3H3,(H,20,22). The van der Waals surface area contributed by atoms with Gasteiger partial charge < -0.3 is 9.88 Å². The summed E-state index contributed by atoms with van der Waals surface area (Å²) >= 11 is 0. The summed E-state index contributed by atoms with van der Waals surface area (Å²) in [6.45, 7) is 6.78. The third-order valence-corrected chi connectivity index (χ3v) is 3.81. The quantitative estimate of drug-likeness (QED) is 0.858. The van der Waals surface area contributed by atoms with E-state index in [1.165, 1.54) is 5.56 Å². The summed E-state index contributed by atoms with van der Waals surface area (Å²) in [5.41, 5.74) is 4.05. The highest BCUT2D eigenvalue weighted by molar-refractivity contribution is 5.95. The van der Waals surface area contributed by atoms with Crippen LogP contribution in [0.3, 0.4) is 0 Å². The van der Waals surface area contributed by atoms with E-state index in [0.717, 1.165) is 24.1 Å². The van der Waals surface area contributed by atoms with Gasteiger partial charge in [-0.1, -0.05) is 19.4 Å². The summed E-state index contributed by atoms with van der Waals surface area (Å²) in [6, 6.07) is 9.80. The van der Waals surface area contributed by atoms with Crippen LogP contribution in [0.4, 0.5) is 0 Å². The fraction of sp³-hybridized carbons (Fsp3) is 0.333. The number of benzene rings is 1. The van der Waals surface area contributed by atoms with Gasteiger partial charge in [-0.2, -0.15) is 5.26 Å². The Balaban J connectivity index is 2.40. The van der Waals surface area contributed by atoms with Gasteiger partial charge in [0.05, 0.1) is 5.56 Å². The fourth-order valence-corrected chi connectivity index (χ4v) is 2.31. The lowest BCUT2D eigenvalue weighted by Gasteiger charge is -2.12. The Morgan fingerprint density at radius 2 is 2.05 bits per heavy atom. The molecule has 0 saturated heterocycles. The van der Waals surface area contributed by atoms with Crippen molar-refractivity contribution in [1.29, 1.82) is 5.26 Å². The molecular formula is C18H21N3O. The number of aromatic nitrogens is 1. The SMILES string of the molecule is CCCCNC(=O)c1c(C#N)ccn1-c1ccc(C)c(C)c1. The summed E-state index contributed by atoms with van der Waals surface area (Å²) in [6.07, 6.45) is 3.72. The number of unbranched alkanes of at least 4 members (excludes halogenated alkanes) is 1. The van der Waals surface area contributed by atoms with E-state index >= 15 is 0 Å². The van der Waals surface area contributed by atoms with Gasteiger partial charge in [-0.25, -0.2) is 0 Å². The van der Waals surface area contributed by atoms with Crippen molar-refractivity contribution < 1.29 is 4.79 Å². The fourth-order valence-electron chi connectivity index (χ4n) is 2.31. The molecule has 0 unspecified atom stereocenters. The Kier molecular flexibility index (Phi) is 5.00. The second-order valence-electron chi connectivity index (χ2n) is 5.44. The van der Waals surface area contributed by atoms with E-state index in [4.69, 9.17) is 0 Å². The van der Waals surface area contributed by atoms with E-state index in [9.17, 15) is 10.1 Å². The molecule has 114 valence electrons. The van der Waals surface area contributed by atoms with Crippen LogP contribution >= 0.6 is 0 Å². The van der Waals surface area contributed by atoms with Crippen molar-refractivity contribution in [2.24, 2.45) is 0 Å². The molecule has 1 amide bonds. The van der Waals surface area contributed by atoms with Crippen molar-refractivity contribution in [2.45, 2.75) is 33.6 Å². The van der Waals surface area contributed by atoms with Gasteiger partial charge >= 0.3 is 0 Å². The van der Waals surface area contributed by atoms with Gasteiger partial charge in [0.2, 0.25) is 0 Å². The number of aryl methyl sites for hydroxylation is 2. The normalized spacial score (nSPS) is 10.3.